The molecule has 1 saturated heterocycles. The highest BCUT2D eigenvalue weighted by atomic mass is 28.5. The maximum absolute atomic E-state index is 6.12. The van der Waals surface area contributed by atoms with Crippen LogP contribution < -0.4 is 5.19 Å². The summed E-state index contributed by atoms with van der Waals surface area (Å²) in [6.45, 7) is 6.31. The molecule has 1 aliphatic heterocycles. The van der Waals surface area contributed by atoms with Crippen molar-refractivity contribution in [3.8, 4) is 0 Å². The molecule has 1 unspecified atom stereocenters. The SMILES string of the molecule is C[Si]1(C)O[SiH2]O[Si](C)(c2ccccc2)O1. The molecule has 1 aromatic rings. The molecule has 0 bridgehead atoms. The molecule has 1 atom stereocenters. The van der Waals surface area contributed by atoms with E-state index >= 15 is 0 Å². The summed E-state index contributed by atoms with van der Waals surface area (Å²) in [6, 6.07) is 10.3. The summed E-state index contributed by atoms with van der Waals surface area (Å²) in [4.78, 5) is 0. The Morgan fingerprint density at radius 2 is 1.67 bits per heavy atom. The van der Waals surface area contributed by atoms with Crippen LogP contribution in [0.25, 0.3) is 0 Å². The van der Waals surface area contributed by atoms with Crippen LogP contribution in [-0.4, -0.2) is 27.1 Å². The second-order valence-electron chi connectivity index (χ2n) is 4.22. The van der Waals surface area contributed by atoms with Crippen LogP contribution in [0.3, 0.4) is 0 Å². The van der Waals surface area contributed by atoms with E-state index in [0.29, 0.717) is 0 Å². The van der Waals surface area contributed by atoms with E-state index in [1.54, 1.807) is 0 Å². The quantitative estimate of drug-likeness (QED) is 0.693. The Balaban J connectivity index is 2.27. The van der Waals surface area contributed by atoms with Crippen LogP contribution in [0, 0.1) is 0 Å². The predicted molar refractivity (Wildman–Crippen MR) is 67.0 cm³/mol. The number of hydrogen-bond acceptors (Lipinski definition) is 3. The van der Waals surface area contributed by atoms with Crippen molar-refractivity contribution in [1.82, 2.24) is 0 Å². The summed E-state index contributed by atoms with van der Waals surface area (Å²) in [5.41, 5.74) is 0. The van der Waals surface area contributed by atoms with Gasteiger partial charge in [-0.05, 0) is 24.8 Å². The third kappa shape index (κ3) is 2.47. The van der Waals surface area contributed by atoms with Crippen molar-refractivity contribution >= 4 is 32.3 Å². The van der Waals surface area contributed by atoms with Crippen LogP contribution in [-0.2, 0) is 12.3 Å². The van der Waals surface area contributed by atoms with Gasteiger partial charge in [0.1, 0.15) is 0 Å². The average Bonchev–Trinajstić information content (AvgIpc) is 2.17. The van der Waals surface area contributed by atoms with Crippen molar-refractivity contribution in [2.24, 2.45) is 0 Å². The lowest BCUT2D eigenvalue weighted by atomic mass is 10.4. The Hall–Kier alpha value is -0.249. The maximum Gasteiger partial charge on any atom is 0.351 e. The number of hydrogen-bond donors (Lipinski definition) is 0. The summed E-state index contributed by atoms with van der Waals surface area (Å²) in [6.07, 6.45) is 0. The highest BCUT2D eigenvalue weighted by Crippen LogP contribution is 2.20. The van der Waals surface area contributed by atoms with Crippen LogP contribution in [0.5, 0.6) is 0 Å². The molecule has 3 nitrogen and oxygen atoms in total. The molecule has 0 aliphatic carbocycles. The first-order valence-corrected chi connectivity index (χ1v) is 11.3. The standard InChI is InChI=1S/C9H16O3Si3/c1-14(2)10-13-11-15(3,12-14)9-7-5-4-6-8-9/h4-8H,13H2,1-3H3. The van der Waals surface area contributed by atoms with Crippen molar-refractivity contribution in [2.45, 2.75) is 19.6 Å². The maximum atomic E-state index is 6.12. The third-order valence-corrected chi connectivity index (χ3v) is 13.3. The van der Waals surface area contributed by atoms with Gasteiger partial charge in [-0.25, -0.2) is 0 Å². The van der Waals surface area contributed by atoms with Gasteiger partial charge in [0, 0.05) is 0 Å². The topological polar surface area (TPSA) is 27.7 Å². The second kappa shape index (κ2) is 3.96. The normalized spacial score (nSPS) is 31.7. The first kappa shape index (κ1) is 11.2. The monoisotopic (exact) mass is 256 g/mol. The molecule has 0 amide bonds. The van der Waals surface area contributed by atoms with Gasteiger partial charge in [-0.15, -0.1) is 0 Å². The van der Waals surface area contributed by atoms with Gasteiger partial charge in [0.25, 0.3) is 10.0 Å². The highest BCUT2D eigenvalue weighted by Gasteiger charge is 2.45. The largest absolute Gasteiger partial charge is 0.420 e. The van der Waals surface area contributed by atoms with E-state index in [2.05, 4.69) is 31.8 Å². The van der Waals surface area contributed by atoms with E-state index < -0.39 is 27.1 Å². The first-order valence-electron chi connectivity index (χ1n) is 5.05. The summed E-state index contributed by atoms with van der Waals surface area (Å²) in [7, 11) is -4.91. The lowest BCUT2D eigenvalue weighted by molar-refractivity contribution is 0.276. The van der Waals surface area contributed by atoms with Crippen molar-refractivity contribution in [3.63, 3.8) is 0 Å². The molecule has 1 fully saturated rings. The van der Waals surface area contributed by atoms with E-state index in [1.807, 2.05) is 18.2 Å². The molecule has 0 aromatic heterocycles. The van der Waals surface area contributed by atoms with Crippen molar-refractivity contribution < 1.29 is 12.3 Å². The fourth-order valence-corrected chi connectivity index (χ4v) is 11.7. The Labute approximate surface area is 94.9 Å². The van der Waals surface area contributed by atoms with Crippen molar-refractivity contribution in [2.75, 3.05) is 0 Å². The fourth-order valence-electron chi connectivity index (χ4n) is 1.69. The fraction of sp³-hybridized carbons (Fsp3) is 0.333. The lowest BCUT2D eigenvalue weighted by Crippen LogP contribution is -2.63. The molecule has 0 spiro atoms. The zero-order chi connectivity index (χ0) is 10.9. The smallest absolute Gasteiger partial charge is 0.351 e. The molecule has 6 heteroatoms. The number of rotatable bonds is 1. The van der Waals surface area contributed by atoms with Gasteiger partial charge in [0.05, 0.1) is 0 Å². The van der Waals surface area contributed by atoms with Crippen LogP contribution in [0.1, 0.15) is 0 Å². The van der Waals surface area contributed by atoms with E-state index in [-0.39, 0.29) is 0 Å². The Bertz CT molecular complexity index is 344. The minimum Gasteiger partial charge on any atom is -0.420 e. The lowest BCUT2D eigenvalue weighted by Gasteiger charge is -2.40. The van der Waals surface area contributed by atoms with E-state index in [4.69, 9.17) is 12.3 Å². The predicted octanol–water partition coefficient (Wildman–Crippen LogP) is 0.730. The highest BCUT2D eigenvalue weighted by molar-refractivity contribution is 6.92. The van der Waals surface area contributed by atoms with E-state index in [9.17, 15) is 0 Å². The molecule has 0 radical (unpaired) electrons. The first-order chi connectivity index (χ1) is 7.02. The zero-order valence-corrected chi connectivity index (χ0v) is 12.7. The molecule has 1 aliphatic rings. The molecule has 1 aromatic carbocycles. The summed E-state index contributed by atoms with van der Waals surface area (Å²) >= 11 is 0. The summed E-state index contributed by atoms with van der Waals surface area (Å²) in [5, 5.41) is 1.21. The molecule has 0 N–H and O–H groups in total. The molecule has 0 saturated carbocycles. The zero-order valence-electron chi connectivity index (χ0n) is 9.32. The van der Waals surface area contributed by atoms with Crippen molar-refractivity contribution in [3.05, 3.63) is 30.3 Å². The van der Waals surface area contributed by atoms with E-state index in [0.717, 1.165) is 0 Å². The Morgan fingerprint density at radius 3 is 2.27 bits per heavy atom. The summed E-state index contributed by atoms with van der Waals surface area (Å²) in [5.74, 6) is 0. The summed E-state index contributed by atoms with van der Waals surface area (Å²) < 4.78 is 17.6. The van der Waals surface area contributed by atoms with Gasteiger partial charge in [-0.2, -0.15) is 0 Å². The minimum atomic E-state index is -2.15. The van der Waals surface area contributed by atoms with Gasteiger partial charge < -0.3 is 12.3 Å². The van der Waals surface area contributed by atoms with Gasteiger partial charge in [0.2, 0.25) is 0 Å². The van der Waals surface area contributed by atoms with Crippen LogP contribution in [0.15, 0.2) is 30.3 Å². The van der Waals surface area contributed by atoms with Crippen LogP contribution in [0.4, 0.5) is 0 Å². The third-order valence-electron chi connectivity index (χ3n) is 2.48. The molecule has 2 rings (SSSR count). The Kier molecular flexibility index (Phi) is 2.97. The van der Waals surface area contributed by atoms with Gasteiger partial charge in [0.15, 0.2) is 0 Å². The second-order valence-corrected chi connectivity index (χ2v) is 12.9. The molecule has 1 heterocycles. The molecular formula is C9H16O3Si3. The number of benzene rings is 1. The molecule has 82 valence electrons. The van der Waals surface area contributed by atoms with Crippen LogP contribution >= 0.6 is 0 Å². The van der Waals surface area contributed by atoms with Gasteiger partial charge >= 0.3 is 17.1 Å². The minimum absolute atomic E-state index is 0.845. The Morgan fingerprint density at radius 1 is 1.00 bits per heavy atom. The molecular weight excluding hydrogens is 240 g/mol. The van der Waals surface area contributed by atoms with Crippen molar-refractivity contribution in [1.29, 1.82) is 0 Å². The average molecular weight is 256 g/mol. The van der Waals surface area contributed by atoms with Gasteiger partial charge in [-0.1, -0.05) is 30.3 Å². The van der Waals surface area contributed by atoms with Crippen LogP contribution in [0.2, 0.25) is 19.6 Å². The van der Waals surface area contributed by atoms with Gasteiger partial charge in [-0.3, -0.25) is 0 Å². The molecule has 15 heavy (non-hydrogen) atoms. The van der Waals surface area contributed by atoms with E-state index in [1.165, 1.54) is 5.19 Å².